The lowest BCUT2D eigenvalue weighted by Crippen LogP contribution is -2.38. The number of alkyl carbamates (subject to hydrolysis) is 1. The molecule has 142 valence electrons. The number of nitrogens with one attached hydrogen (secondary N) is 1. The van der Waals surface area contributed by atoms with Gasteiger partial charge in [-0.15, -0.1) is 13.2 Å². The number of nitrogen functional groups attached to an aromatic ring is 1. The number of rotatable bonds is 5. The van der Waals surface area contributed by atoms with Crippen LogP contribution in [0.25, 0.3) is 0 Å². The van der Waals surface area contributed by atoms with E-state index in [0.717, 1.165) is 18.2 Å². The molecule has 0 bridgehead atoms. The second-order valence-electron chi connectivity index (χ2n) is 6.24. The van der Waals surface area contributed by atoms with Crippen LogP contribution in [0.5, 0.6) is 5.75 Å². The second-order valence-corrected chi connectivity index (χ2v) is 6.24. The standard InChI is InChI=1S/C15H21F3N2O5/c1-14(2,3)25-13(23)20-7-10(21)12(22)8-4-5-11(9(19)6-8)24-15(16,17)18/h4-6,10,12,21-22H,7,19H2,1-3H3,(H,20,23). The van der Waals surface area contributed by atoms with Crippen LogP contribution in [0.4, 0.5) is 23.7 Å². The number of amides is 1. The van der Waals surface area contributed by atoms with E-state index in [1.165, 1.54) is 0 Å². The van der Waals surface area contributed by atoms with Gasteiger partial charge in [-0.05, 0) is 38.5 Å². The van der Waals surface area contributed by atoms with Crippen LogP contribution in [0.15, 0.2) is 18.2 Å². The zero-order chi connectivity index (χ0) is 19.4. The number of ether oxygens (including phenoxy) is 2. The number of aliphatic hydroxyl groups is 2. The molecule has 1 amide bonds. The van der Waals surface area contributed by atoms with Gasteiger partial charge in [0.05, 0.1) is 5.69 Å². The van der Waals surface area contributed by atoms with Crippen molar-refractivity contribution in [1.29, 1.82) is 0 Å². The highest BCUT2D eigenvalue weighted by atomic mass is 19.4. The second kappa shape index (κ2) is 7.79. The number of carbonyl (C=O) groups excluding carboxylic acids is 1. The molecule has 0 aliphatic carbocycles. The number of hydrogen-bond acceptors (Lipinski definition) is 6. The Morgan fingerprint density at radius 1 is 1.28 bits per heavy atom. The summed E-state index contributed by atoms with van der Waals surface area (Å²) in [7, 11) is 0. The number of hydrogen-bond donors (Lipinski definition) is 4. The summed E-state index contributed by atoms with van der Waals surface area (Å²) in [4.78, 5) is 11.5. The minimum absolute atomic E-state index is 0.0607. The van der Waals surface area contributed by atoms with Gasteiger partial charge in [-0.3, -0.25) is 0 Å². The Labute approximate surface area is 142 Å². The Hall–Kier alpha value is -2.20. The van der Waals surface area contributed by atoms with E-state index in [-0.39, 0.29) is 17.8 Å². The number of aliphatic hydroxyl groups excluding tert-OH is 2. The highest BCUT2D eigenvalue weighted by Gasteiger charge is 2.32. The molecule has 0 heterocycles. The maximum Gasteiger partial charge on any atom is 0.573 e. The first-order valence-corrected chi connectivity index (χ1v) is 7.26. The minimum atomic E-state index is -4.90. The van der Waals surface area contributed by atoms with Gasteiger partial charge in [0.1, 0.15) is 17.8 Å². The third-order valence-corrected chi connectivity index (χ3v) is 2.82. The molecule has 5 N–H and O–H groups in total. The van der Waals surface area contributed by atoms with Crippen molar-refractivity contribution in [1.82, 2.24) is 5.32 Å². The first-order valence-electron chi connectivity index (χ1n) is 7.26. The van der Waals surface area contributed by atoms with E-state index in [9.17, 15) is 28.2 Å². The van der Waals surface area contributed by atoms with Crippen LogP contribution in [0.3, 0.4) is 0 Å². The summed E-state index contributed by atoms with van der Waals surface area (Å²) in [6.07, 6.45) is -8.60. The van der Waals surface area contributed by atoms with Crippen molar-refractivity contribution < 1.29 is 37.7 Å². The van der Waals surface area contributed by atoms with E-state index < -0.39 is 36.0 Å². The molecule has 0 saturated heterocycles. The van der Waals surface area contributed by atoms with Gasteiger partial charge in [0.25, 0.3) is 0 Å². The van der Waals surface area contributed by atoms with E-state index >= 15 is 0 Å². The van der Waals surface area contributed by atoms with Crippen molar-refractivity contribution in [2.75, 3.05) is 12.3 Å². The van der Waals surface area contributed by atoms with Gasteiger partial charge in [-0.25, -0.2) is 4.79 Å². The molecular weight excluding hydrogens is 345 g/mol. The molecule has 0 radical (unpaired) electrons. The van der Waals surface area contributed by atoms with Crippen LogP contribution < -0.4 is 15.8 Å². The smallest absolute Gasteiger partial charge is 0.444 e. The molecule has 1 rings (SSSR count). The van der Waals surface area contributed by atoms with Gasteiger partial charge in [-0.2, -0.15) is 0 Å². The minimum Gasteiger partial charge on any atom is -0.444 e. The van der Waals surface area contributed by atoms with Crippen molar-refractivity contribution in [2.24, 2.45) is 0 Å². The monoisotopic (exact) mass is 366 g/mol. The van der Waals surface area contributed by atoms with Crippen molar-refractivity contribution in [3.63, 3.8) is 0 Å². The summed E-state index contributed by atoms with van der Waals surface area (Å²) in [5, 5.41) is 22.2. The fraction of sp³-hybridized carbons (Fsp3) is 0.533. The highest BCUT2D eigenvalue weighted by Crippen LogP contribution is 2.31. The normalized spacial score (nSPS) is 14.6. The molecule has 1 aromatic rings. The lowest BCUT2D eigenvalue weighted by atomic mass is 10.0. The SMILES string of the molecule is CC(C)(C)OC(=O)NCC(O)C(O)c1ccc(OC(F)(F)F)c(N)c1. The molecule has 0 fully saturated rings. The van der Waals surface area contributed by atoms with Crippen LogP contribution in [0, 0.1) is 0 Å². The van der Waals surface area contributed by atoms with E-state index in [2.05, 4.69) is 10.1 Å². The molecule has 0 saturated carbocycles. The van der Waals surface area contributed by atoms with Crippen molar-refractivity contribution in [3.8, 4) is 5.75 Å². The van der Waals surface area contributed by atoms with Gasteiger partial charge in [0.15, 0.2) is 5.75 Å². The average molecular weight is 366 g/mol. The van der Waals surface area contributed by atoms with Crippen LogP contribution in [0.1, 0.15) is 32.4 Å². The molecule has 0 spiro atoms. The summed E-state index contributed by atoms with van der Waals surface area (Å²) in [6.45, 7) is 4.64. The fourth-order valence-corrected chi connectivity index (χ4v) is 1.80. The molecule has 0 aliphatic rings. The van der Waals surface area contributed by atoms with Crippen molar-refractivity contribution in [2.45, 2.75) is 44.9 Å². The number of alkyl halides is 3. The Morgan fingerprint density at radius 2 is 1.88 bits per heavy atom. The summed E-state index contributed by atoms with van der Waals surface area (Å²) in [5.41, 5.74) is 4.43. The largest absolute Gasteiger partial charge is 0.573 e. The lowest BCUT2D eigenvalue weighted by Gasteiger charge is -2.22. The van der Waals surface area contributed by atoms with Crippen LogP contribution in [-0.2, 0) is 4.74 Å². The summed E-state index contributed by atoms with van der Waals surface area (Å²) < 4.78 is 45.2. The number of nitrogens with two attached hydrogens (primary N) is 1. The van der Waals surface area contributed by atoms with E-state index in [1.807, 2.05) is 0 Å². The molecule has 0 aliphatic heterocycles. The van der Waals surface area contributed by atoms with Gasteiger partial charge in [-0.1, -0.05) is 6.07 Å². The van der Waals surface area contributed by atoms with E-state index in [1.54, 1.807) is 20.8 Å². The highest BCUT2D eigenvalue weighted by molar-refractivity contribution is 5.67. The van der Waals surface area contributed by atoms with Crippen LogP contribution in [-0.4, -0.2) is 40.9 Å². The van der Waals surface area contributed by atoms with Crippen LogP contribution in [0.2, 0.25) is 0 Å². The summed E-state index contributed by atoms with van der Waals surface area (Å²) >= 11 is 0. The molecule has 10 heteroatoms. The fourth-order valence-electron chi connectivity index (χ4n) is 1.80. The number of benzene rings is 1. The van der Waals surface area contributed by atoms with Gasteiger partial charge >= 0.3 is 12.5 Å². The quantitative estimate of drug-likeness (QED) is 0.594. The first kappa shape index (κ1) is 20.8. The molecule has 2 unspecified atom stereocenters. The van der Waals surface area contributed by atoms with Crippen LogP contribution >= 0.6 is 0 Å². The molecule has 1 aromatic carbocycles. The number of halogens is 3. The third kappa shape index (κ3) is 7.48. The van der Waals surface area contributed by atoms with Gasteiger partial charge in [0.2, 0.25) is 0 Å². The molecular formula is C15H21F3N2O5. The summed E-state index contributed by atoms with van der Waals surface area (Å²) in [5.74, 6) is -0.621. The number of carbonyl (C=O) groups is 1. The maximum atomic E-state index is 12.2. The first-order chi connectivity index (χ1) is 11.3. The zero-order valence-electron chi connectivity index (χ0n) is 13.9. The number of anilines is 1. The third-order valence-electron chi connectivity index (χ3n) is 2.82. The summed E-state index contributed by atoms with van der Waals surface area (Å²) in [6, 6.07) is 3.09. The Balaban J connectivity index is 2.68. The van der Waals surface area contributed by atoms with Crippen molar-refractivity contribution in [3.05, 3.63) is 23.8 Å². The molecule has 7 nitrogen and oxygen atoms in total. The zero-order valence-corrected chi connectivity index (χ0v) is 13.9. The predicted octanol–water partition coefficient (Wildman–Crippen LogP) is 2.09. The average Bonchev–Trinajstić information content (AvgIpc) is 2.43. The Morgan fingerprint density at radius 3 is 2.36 bits per heavy atom. The van der Waals surface area contributed by atoms with Gasteiger partial charge in [0, 0.05) is 6.54 Å². The molecule has 25 heavy (non-hydrogen) atoms. The van der Waals surface area contributed by atoms with Crippen molar-refractivity contribution >= 4 is 11.8 Å². The Bertz CT molecular complexity index is 602. The Kier molecular flexibility index (Phi) is 6.49. The lowest BCUT2D eigenvalue weighted by molar-refractivity contribution is -0.274. The predicted molar refractivity (Wildman–Crippen MR) is 82.7 cm³/mol. The molecule has 2 atom stereocenters. The van der Waals surface area contributed by atoms with Gasteiger partial charge < -0.3 is 30.7 Å². The molecule has 0 aromatic heterocycles. The maximum absolute atomic E-state index is 12.2. The van der Waals surface area contributed by atoms with E-state index in [0.29, 0.717) is 0 Å². The van der Waals surface area contributed by atoms with E-state index in [4.69, 9.17) is 10.5 Å². The topological polar surface area (TPSA) is 114 Å².